The fourth-order valence-corrected chi connectivity index (χ4v) is 5.08. The van der Waals surface area contributed by atoms with Gasteiger partial charge in [0.1, 0.15) is 11.6 Å². The number of nitrogens with one attached hydrogen (secondary N) is 1. The summed E-state index contributed by atoms with van der Waals surface area (Å²) in [5.74, 6) is -0.233. The number of anilines is 1. The zero-order valence-electron chi connectivity index (χ0n) is 16.3. The molecule has 1 fully saturated rings. The van der Waals surface area contributed by atoms with Gasteiger partial charge in [0.15, 0.2) is 5.75 Å². The summed E-state index contributed by atoms with van der Waals surface area (Å²) < 4.78 is 51.6. The monoisotopic (exact) mass is 462 g/mol. The van der Waals surface area contributed by atoms with E-state index < -0.39 is 21.7 Å². The minimum atomic E-state index is -3.77. The van der Waals surface area contributed by atoms with Crippen molar-refractivity contribution in [1.82, 2.24) is 4.31 Å². The second kappa shape index (κ2) is 9.15. The van der Waals surface area contributed by atoms with Gasteiger partial charge in [0, 0.05) is 18.5 Å². The molecule has 1 N–H and O–H groups in total. The van der Waals surface area contributed by atoms with E-state index in [-0.39, 0.29) is 29.4 Å². The van der Waals surface area contributed by atoms with Crippen molar-refractivity contribution in [3.63, 3.8) is 0 Å². The summed E-state index contributed by atoms with van der Waals surface area (Å²) in [6, 6.07) is 11.3. The van der Waals surface area contributed by atoms with Crippen LogP contribution in [0.1, 0.15) is 10.4 Å². The number of benzene rings is 2. The quantitative estimate of drug-likeness (QED) is 0.600. The topological polar surface area (TPSA) is 84.9 Å². The van der Waals surface area contributed by atoms with Gasteiger partial charge in [0.25, 0.3) is 5.91 Å². The Morgan fingerprint density at radius 1 is 1.10 bits per heavy atom. The van der Waals surface area contributed by atoms with E-state index in [0.717, 1.165) is 0 Å². The SMILES string of the molecule is O=C(Nc1cc(S(=O)(=O)N2CCOCC2)ccc1Oc1ccc(F)cc1)c1ccsc1. The number of hydrogen-bond acceptors (Lipinski definition) is 6. The number of amides is 1. The molecule has 4 rings (SSSR count). The lowest BCUT2D eigenvalue weighted by atomic mass is 10.2. The first kappa shape index (κ1) is 21.4. The van der Waals surface area contributed by atoms with Gasteiger partial charge >= 0.3 is 0 Å². The number of carbonyl (C=O) groups is 1. The van der Waals surface area contributed by atoms with Gasteiger partial charge in [-0.05, 0) is 53.9 Å². The second-order valence-electron chi connectivity index (χ2n) is 6.70. The molecule has 1 amide bonds. The molecular weight excluding hydrogens is 443 g/mol. The molecule has 0 spiro atoms. The van der Waals surface area contributed by atoms with Crippen LogP contribution in [0.3, 0.4) is 0 Å². The van der Waals surface area contributed by atoms with Gasteiger partial charge in [0.05, 0.1) is 29.4 Å². The predicted molar refractivity (Wildman–Crippen MR) is 115 cm³/mol. The summed E-state index contributed by atoms with van der Waals surface area (Å²) in [7, 11) is -3.77. The molecule has 0 atom stereocenters. The van der Waals surface area contributed by atoms with Gasteiger partial charge in [-0.2, -0.15) is 15.6 Å². The number of halogens is 1. The molecule has 2 heterocycles. The molecular formula is C21H19FN2O5S2. The molecule has 2 aromatic carbocycles. The highest BCUT2D eigenvalue weighted by molar-refractivity contribution is 7.89. The Kier molecular flexibility index (Phi) is 6.33. The summed E-state index contributed by atoms with van der Waals surface area (Å²) >= 11 is 1.37. The molecule has 3 aromatic rings. The minimum Gasteiger partial charge on any atom is -0.455 e. The largest absolute Gasteiger partial charge is 0.455 e. The maximum absolute atomic E-state index is 13.2. The number of sulfonamides is 1. The van der Waals surface area contributed by atoms with Crippen molar-refractivity contribution in [2.75, 3.05) is 31.6 Å². The van der Waals surface area contributed by atoms with Gasteiger partial charge < -0.3 is 14.8 Å². The maximum atomic E-state index is 13.2. The van der Waals surface area contributed by atoms with Crippen LogP contribution < -0.4 is 10.1 Å². The molecule has 0 saturated carbocycles. The van der Waals surface area contributed by atoms with Crippen molar-refractivity contribution in [1.29, 1.82) is 0 Å². The Bertz CT molecular complexity index is 1160. The molecule has 0 aliphatic carbocycles. The van der Waals surface area contributed by atoms with Crippen molar-refractivity contribution in [3.8, 4) is 11.5 Å². The number of thiophene rings is 1. The summed E-state index contributed by atoms with van der Waals surface area (Å²) in [6.45, 7) is 1.17. The molecule has 1 aromatic heterocycles. The number of hydrogen-bond donors (Lipinski definition) is 1. The number of morpholine rings is 1. The molecule has 1 aliphatic heterocycles. The molecule has 10 heteroatoms. The fraction of sp³-hybridized carbons (Fsp3) is 0.190. The Balaban J connectivity index is 1.68. The molecule has 7 nitrogen and oxygen atoms in total. The Labute approximate surface area is 183 Å². The van der Waals surface area contributed by atoms with Crippen molar-refractivity contribution in [2.24, 2.45) is 0 Å². The highest BCUT2D eigenvalue weighted by Gasteiger charge is 2.27. The highest BCUT2D eigenvalue weighted by Crippen LogP contribution is 2.33. The first-order valence-corrected chi connectivity index (χ1v) is 11.8. The van der Waals surface area contributed by atoms with Gasteiger partial charge in [-0.1, -0.05) is 0 Å². The summed E-state index contributed by atoms with van der Waals surface area (Å²) in [4.78, 5) is 12.6. The lowest BCUT2D eigenvalue weighted by Crippen LogP contribution is -2.40. The van der Waals surface area contributed by atoms with E-state index in [4.69, 9.17) is 9.47 Å². The van der Waals surface area contributed by atoms with Gasteiger partial charge in [-0.3, -0.25) is 4.79 Å². The van der Waals surface area contributed by atoms with Crippen molar-refractivity contribution in [2.45, 2.75) is 4.90 Å². The van der Waals surface area contributed by atoms with Crippen LogP contribution >= 0.6 is 11.3 Å². The van der Waals surface area contributed by atoms with Gasteiger partial charge in [-0.25, -0.2) is 12.8 Å². The number of carbonyl (C=O) groups excluding carboxylic acids is 1. The van der Waals surface area contributed by atoms with Crippen LogP contribution in [0.15, 0.2) is 64.2 Å². The number of ether oxygens (including phenoxy) is 2. The molecule has 31 heavy (non-hydrogen) atoms. The summed E-state index contributed by atoms with van der Waals surface area (Å²) in [6.07, 6.45) is 0. The number of rotatable bonds is 6. The molecule has 1 saturated heterocycles. The first-order chi connectivity index (χ1) is 14.9. The minimum absolute atomic E-state index is 0.0291. The average molecular weight is 463 g/mol. The normalized spacial score (nSPS) is 14.9. The smallest absolute Gasteiger partial charge is 0.256 e. The second-order valence-corrected chi connectivity index (χ2v) is 9.41. The van der Waals surface area contributed by atoms with Crippen LogP contribution in [0.25, 0.3) is 0 Å². The van der Waals surface area contributed by atoms with Crippen LogP contribution in [-0.4, -0.2) is 44.9 Å². The summed E-state index contributed by atoms with van der Waals surface area (Å²) in [5, 5.41) is 6.17. The molecule has 0 radical (unpaired) electrons. The molecule has 0 unspecified atom stereocenters. The third-order valence-electron chi connectivity index (χ3n) is 4.63. The lowest BCUT2D eigenvalue weighted by molar-refractivity contribution is 0.0730. The zero-order chi connectivity index (χ0) is 21.8. The van der Waals surface area contributed by atoms with E-state index in [1.165, 1.54) is 58.1 Å². The van der Waals surface area contributed by atoms with Crippen LogP contribution in [0.4, 0.5) is 10.1 Å². The maximum Gasteiger partial charge on any atom is 0.256 e. The van der Waals surface area contributed by atoms with Crippen molar-refractivity contribution < 1.29 is 27.1 Å². The average Bonchev–Trinajstić information content (AvgIpc) is 3.32. The van der Waals surface area contributed by atoms with E-state index in [1.54, 1.807) is 16.8 Å². The standard InChI is InChI=1S/C21H19FN2O5S2/c22-16-1-3-17(4-2-16)29-20-6-5-18(31(26,27)24-8-10-28-11-9-24)13-19(20)23-21(25)15-7-12-30-14-15/h1-7,12-14H,8-11H2,(H,23,25). The predicted octanol–water partition coefficient (Wildman–Crippen LogP) is 3.95. The van der Waals surface area contributed by atoms with Crippen LogP contribution in [-0.2, 0) is 14.8 Å². The van der Waals surface area contributed by atoms with Crippen LogP contribution in [0.5, 0.6) is 11.5 Å². The van der Waals surface area contributed by atoms with Gasteiger partial charge in [0.2, 0.25) is 10.0 Å². The van der Waals surface area contributed by atoms with E-state index >= 15 is 0 Å². The van der Waals surface area contributed by atoms with Crippen LogP contribution in [0.2, 0.25) is 0 Å². The number of nitrogens with zero attached hydrogens (tertiary/aromatic N) is 1. The third kappa shape index (κ3) is 4.93. The Morgan fingerprint density at radius 3 is 2.52 bits per heavy atom. The van der Waals surface area contributed by atoms with E-state index in [2.05, 4.69) is 5.32 Å². The van der Waals surface area contributed by atoms with E-state index in [9.17, 15) is 17.6 Å². The lowest BCUT2D eigenvalue weighted by Gasteiger charge is -2.26. The van der Waals surface area contributed by atoms with E-state index in [1.807, 2.05) is 0 Å². The van der Waals surface area contributed by atoms with Crippen LogP contribution in [0, 0.1) is 5.82 Å². The zero-order valence-corrected chi connectivity index (χ0v) is 17.9. The van der Waals surface area contributed by atoms with E-state index in [0.29, 0.717) is 24.5 Å². The first-order valence-electron chi connectivity index (χ1n) is 9.42. The molecule has 1 aliphatic rings. The highest BCUT2D eigenvalue weighted by atomic mass is 32.2. The molecule has 0 bridgehead atoms. The third-order valence-corrected chi connectivity index (χ3v) is 7.21. The Hall–Kier alpha value is -2.79. The summed E-state index contributed by atoms with van der Waals surface area (Å²) in [5.41, 5.74) is 0.633. The van der Waals surface area contributed by atoms with Gasteiger partial charge in [-0.15, -0.1) is 0 Å². The van der Waals surface area contributed by atoms with Crippen molar-refractivity contribution >= 4 is 33.0 Å². The Morgan fingerprint density at radius 2 is 1.84 bits per heavy atom. The fourth-order valence-electron chi connectivity index (χ4n) is 3.01. The molecule has 162 valence electrons. The van der Waals surface area contributed by atoms with Crippen molar-refractivity contribution in [3.05, 3.63) is 70.7 Å².